The number of hydrogen-bond donors (Lipinski definition) is 0. The second-order valence-corrected chi connectivity index (χ2v) is 6.71. The van der Waals surface area contributed by atoms with Gasteiger partial charge in [0.05, 0.1) is 7.11 Å². The molecule has 1 fully saturated rings. The molecule has 1 aliphatic rings. The zero-order valence-corrected chi connectivity index (χ0v) is 18.0. The maximum Gasteiger partial charge on any atom is 0.225 e. The van der Waals surface area contributed by atoms with Gasteiger partial charge in [0.1, 0.15) is 5.75 Å². The summed E-state index contributed by atoms with van der Waals surface area (Å²) in [6.07, 6.45) is 3.61. The number of ether oxygens (including phenoxy) is 1. The molecule has 2 heterocycles. The zero-order chi connectivity index (χ0) is 18.5. The largest absolute Gasteiger partial charge is 0.496 e. The van der Waals surface area contributed by atoms with Gasteiger partial charge in [-0.2, -0.15) is 0 Å². The van der Waals surface area contributed by atoms with Crippen LogP contribution in [0.15, 0.2) is 67.0 Å². The van der Waals surface area contributed by atoms with Crippen LogP contribution < -0.4 is 9.64 Å². The van der Waals surface area contributed by atoms with E-state index in [9.17, 15) is 0 Å². The number of aromatic nitrogens is 2. The number of piperazine rings is 1. The van der Waals surface area contributed by atoms with Crippen LogP contribution in [0.25, 0.3) is 11.1 Å². The zero-order valence-electron chi connectivity index (χ0n) is 16.4. The SMILES string of the molecule is COc1ccc(CN2CCN(c3ncccn3)CC2)cc1-c1ccccc1.Cl.Cl. The van der Waals surface area contributed by atoms with Gasteiger partial charge in [-0.1, -0.05) is 36.4 Å². The van der Waals surface area contributed by atoms with Crippen LogP contribution in [-0.4, -0.2) is 48.2 Å². The van der Waals surface area contributed by atoms with Gasteiger partial charge in [0.2, 0.25) is 5.95 Å². The van der Waals surface area contributed by atoms with Crippen molar-refractivity contribution >= 4 is 30.8 Å². The number of rotatable bonds is 5. The number of anilines is 1. The van der Waals surface area contributed by atoms with Crippen LogP contribution in [0.5, 0.6) is 5.75 Å². The highest BCUT2D eigenvalue weighted by Gasteiger charge is 2.19. The molecule has 0 spiro atoms. The first kappa shape index (κ1) is 22.9. The standard InChI is InChI=1S/C22H24N4O.2ClH/c1-27-21-9-8-18(16-20(21)19-6-3-2-4-7-19)17-25-12-14-26(15-13-25)22-23-10-5-11-24-22;;/h2-11,16H,12-15,17H2,1H3;2*1H. The normalized spacial score (nSPS) is 13.9. The molecule has 5 nitrogen and oxygen atoms in total. The van der Waals surface area contributed by atoms with E-state index in [0.29, 0.717) is 0 Å². The molecular weight excluding hydrogens is 407 g/mol. The molecule has 1 saturated heterocycles. The highest BCUT2D eigenvalue weighted by atomic mass is 35.5. The number of hydrogen-bond acceptors (Lipinski definition) is 5. The molecule has 1 aliphatic heterocycles. The lowest BCUT2D eigenvalue weighted by Gasteiger charge is -2.34. The summed E-state index contributed by atoms with van der Waals surface area (Å²) in [6.45, 7) is 4.85. The summed E-state index contributed by atoms with van der Waals surface area (Å²) in [5, 5.41) is 0. The number of halogens is 2. The van der Waals surface area contributed by atoms with Crippen LogP contribution in [0.2, 0.25) is 0 Å². The van der Waals surface area contributed by atoms with Gasteiger partial charge in [0.25, 0.3) is 0 Å². The first-order chi connectivity index (χ1) is 13.3. The Hall–Kier alpha value is -2.34. The molecule has 0 radical (unpaired) electrons. The molecule has 0 N–H and O–H groups in total. The molecule has 7 heteroatoms. The van der Waals surface area contributed by atoms with E-state index in [4.69, 9.17) is 4.74 Å². The Morgan fingerprint density at radius 3 is 2.21 bits per heavy atom. The molecule has 1 aromatic heterocycles. The highest BCUT2D eigenvalue weighted by molar-refractivity contribution is 5.85. The van der Waals surface area contributed by atoms with E-state index in [1.54, 1.807) is 19.5 Å². The van der Waals surface area contributed by atoms with Crippen LogP contribution in [0.3, 0.4) is 0 Å². The van der Waals surface area contributed by atoms with Crippen LogP contribution in [0.4, 0.5) is 5.95 Å². The Kier molecular flexibility index (Phi) is 8.70. The van der Waals surface area contributed by atoms with Crippen molar-refractivity contribution in [1.29, 1.82) is 0 Å². The number of methoxy groups -OCH3 is 1. The molecule has 2 aromatic carbocycles. The molecule has 4 rings (SSSR count). The van der Waals surface area contributed by atoms with E-state index >= 15 is 0 Å². The smallest absolute Gasteiger partial charge is 0.225 e. The Balaban J connectivity index is 0.00000150. The fourth-order valence-corrected chi connectivity index (χ4v) is 3.52. The maximum atomic E-state index is 5.57. The average Bonchev–Trinajstić information content (AvgIpc) is 2.75. The van der Waals surface area contributed by atoms with Gasteiger partial charge in [-0.15, -0.1) is 24.8 Å². The van der Waals surface area contributed by atoms with E-state index in [0.717, 1.165) is 50.0 Å². The van der Waals surface area contributed by atoms with Crippen LogP contribution in [-0.2, 0) is 6.54 Å². The molecule has 154 valence electrons. The van der Waals surface area contributed by atoms with E-state index in [1.165, 1.54) is 11.1 Å². The van der Waals surface area contributed by atoms with Gasteiger partial charge in [-0.05, 0) is 29.3 Å². The minimum atomic E-state index is 0. The summed E-state index contributed by atoms with van der Waals surface area (Å²) in [4.78, 5) is 13.4. The lowest BCUT2D eigenvalue weighted by molar-refractivity contribution is 0.248. The topological polar surface area (TPSA) is 41.5 Å². The summed E-state index contributed by atoms with van der Waals surface area (Å²) in [6, 6.07) is 18.8. The molecule has 0 unspecified atom stereocenters. The maximum absolute atomic E-state index is 5.57. The predicted molar refractivity (Wildman–Crippen MR) is 122 cm³/mol. The molecule has 3 aromatic rings. The lowest BCUT2D eigenvalue weighted by atomic mass is 10.0. The van der Waals surface area contributed by atoms with Crippen LogP contribution >= 0.6 is 24.8 Å². The number of benzene rings is 2. The van der Waals surface area contributed by atoms with Crippen molar-refractivity contribution < 1.29 is 4.74 Å². The number of nitrogens with zero attached hydrogens (tertiary/aromatic N) is 4. The van der Waals surface area contributed by atoms with Gasteiger partial charge in [0.15, 0.2) is 0 Å². The van der Waals surface area contributed by atoms with E-state index < -0.39 is 0 Å². The first-order valence-electron chi connectivity index (χ1n) is 9.30. The van der Waals surface area contributed by atoms with Gasteiger partial charge < -0.3 is 9.64 Å². The lowest BCUT2D eigenvalue weighted by Crippen LogP contribution is -2.46. The molecule has 0 saturated carbocycles. The summed E-state index contributed by atoms with van der Waals surface area (Å²) >= 11 is 0. The Morgan fingerprint density at radius 2 is 1.55 bits per heavy atom. The van der Waals surface area contributed by atoms with Gasteiger partial charge in [-0.25, -0.2) is 9.97 Å². The minimum Gasteiger partial charge on any atom is -0.496 e. The van der Waals surface area contributed by atoms with Gasteiger partial charge in [0, 0.05) is 50.7 Å². The van der Waals surface area contributed by atoms with Crippen molar-refractivity contribution in [3.63, 3.8) is 0 Å². The highest BCUT2D eigenvalue weighted by Crippen LogP contribution is 2.31. The molecule has 29 heavy (non-hydrogen) atoms. The van der Waals surface area contributed by atoms with E-state index in [-0.39, 0.29) is 24.8 Å². The Morgan fingerprint density at radius 1 is 0.862 bits per heavy atom. The fraction of sp³-hybridized carbons (Fsp3) is 0.273. The van der Waals surface area contributed by atoms with Crippen LogP contribution in [0, 0.1) is 0 Å². The van der Waals surface area contributed by atoms with Crippen molar-refractivity contribution in [3.8, 4) is 16.9 Å². The second kappa shape index (κ2) is 11.0. The molecule has 0 aliphatic carbocycles. The second-order valence-electron chi connectivity index (χ2n) is 6.71. The quantitative estimate of drug-likeness (QED) is 0.600. The van der Waals surface area contributed by atoms with E-state index in [2.05, 4.69) is 62.2 Å². The van der Waals surface area contributed by atoms with Crippen LogP contribution in [0.1, 0.15) is 5.56 Å². The van der Waals surface area contributed by atoms with Gasteiger partial charge >= 0.3 is 0 Å². The van der Waals surface area contributed by atoms with Crippen molar-refractivity contribution in [2.24, 2.45) is 0 Å². The van der Waals surface area contributed by atoms with Crippen molar-refractivity contribution in [2.45, 2.75) is 6.54 Å². The summed E-state index contributed by atoms with van der Waals surface area (Å²) in [5.41, 5.74) is 3.63. The van der Waals surface area contributed by atoms with Crippen molar-refractivity contribution in [1.82, 2.24) is 14.9 Å². The third-order valence-corrected chi connectivity index (χ3v) is 4.96. The van der Waals surface area contributed by atoms with Crippen molar-refractivity contribution in [3.05, 3.63) is 72.6 Å². The molecular formula is C22H26Cl2N4O. The van der Waals surface area contributed by atoms with Gasteiger partial charge in [-0.3, -0.25) is 4.90 Å². The average molecular weight is 433 g/mol. The molecule has 0 bridgehead atoms. The monoisotopic (exact) mass is 432 g/mol. The first-order valence-corrected chi connectivity index (χ1v) is 9.30. The molecule has 0 atom stereocenters. The third kappa shape index (κ3) is 5.60. The van der Waals surface area contributed by atoms with E-state index in [1.807, 2.05) is 12.1 Å². The fourth-order valence-electron chi connectivity index (χ4n) is 3.52. The minimum absolute atomic E-state index is 0. The Bertz CT molecular complexity index is 872. The predicted octanol–water partition coefficient (Wildman–Crippen LogP) is 4.32. The summed E-state index contributed by atoms with van der Waals surface area (Å²) < 4.78 is 5.57. The molecule has 0 amide bonds. The van der Waals surface area contributed by atoms with Crippen molar-refractivity contribution in [2.75, 3.05) is 38.2 Å². The summed E-state index contributed by atoms with van der Waals surface area (Å²) in [7, 11) is 1.73. The Labute approximate surface area is 184 Å². The third-order valence-electron chi connectivity index (χ3n) is 4.96. The summed E-state index contributed by atoms with van der Waals surface area (Å²) in [5.74, 6) is 1.74.